The number of amides is 1. The van der Waals surface area contributed by atoms with Gasteiger partial charge in [-0.2, -0.15) is 0 Å². The van der Waals surface area contributed by atoms with Crippen molar-refractivity contribution >= 4 is 11.6 Å². The minimum atomic E-state index is -0.971. The van der Waals surface area contributed by atoms with Gasteiger partial charge in [0.1, 0.15) is 5.60 Å². The van der Waals surface area contributed by atoms with Crippen LogP contribution in [0.25, 0.3) is 0 Å². The predicted molar refractivity (Wildman–Crippen MR) is 140 cm³/mol. The molecule has 0 unspecified atom stereocenters. The molecule has 5 nitrogen and oxygen atoms in total. The number of hydrogen-bond acceptors (Lipinski definition) is 4. The van der Waals surface area contributed by atoms with Crippen LogP contribution in [-0.2, 0) is 11.3 Å². The highest BCUT2D eigenvalue weighted by atomic mass is 16.3. The lowest BCUT2D eigenvalue weighted by atomic mass is 9.90. The summed E-state index contributed by atoms with van der Waals surface area (Å²) in [6.07, 6.45) is 3.33. The number of rotatable bonds is 4. The minimum absolute atomic E-state index is 0.238. The summed E-state index contributed by atoms with van der Waals surface area (Å²) in [5.74, 6) is 6.53. The van der Waals surface area contributed by atoms with Gasteiger partial charge in [-0.1, -0.05) is 42.2 Å². The molecule has 3 aliphatic rings. The first kappa shape index (κ1) is 23.9. The molecular weight excluding hydrogens is 434 g/mol. The number of carbonyl (C=O) groups is 1. The summed E-state index contributed by atoms with van der Waals surface area (Å²) in [7, 11) is 0. The third kappa shape index (κ3) is 5.72. The first-order valence-electron chi connectivity index (χ1n) is 13.0. The molecule has 184 valence electrons. The van der Waals surface area contributed by atoms with E-state index in [2.05, 4.69) is 62.9 Å². The number of anilines is 1. The summed E-state index contributed by atoms with van der Waals surface area (Å²) in [6, 6.07) is 18.9. The van der Waals surface area contributed by atoms with Gasteiger partial charge in [0.15, 0.2) is 0 Å². The largest absolute Gasteiger partial charge is 0.378 e. The highest BCUT2D eigenvalue weighted by Crippen LogP contribution is 2.60. The minimum Gasteiger partial charge on any atom is -0.378 e. The van der Waals surface area contributed by atoms with Crippen LogP contribution in [0.5, 0.6) is 0 Å². The molecule has 2 aliphatic heterocycles. The van der Waals surface area contributed by atoms with Crippen molar-refractivity contribution < 1.29 is 9.90 Å². The van der Waals surface area contributed by atoms with Crippen molar-refractivity contribution in [2.75, 3.05) is 44.2 Å². The van der Waals surface area contributed by atoms with Crippen molar-refractivity contribution in [1.82, 2.24) is 9.80 Å². The predicted octanol–water partition coefficient (Wildman–Crippen LogP) is 3.76. The second-order valence-electron chi connectivity index (χ2n) is 11.0. The highest BCUT2D eigenvalue weighted by molar-refractivity contribution is 5.83. The Balaban J connectivity index is 1.08. The van der Waals surface area contributed by atoms with Gasteiger partial charge in [-0.25, -0.2) is 0 Å². The van der Waals surface area contributed by atoms with E-state index in [1.165, 1.54) is 11.3 Å². The Hall–Kier alpha value is -2.81. The Bertz CT molecular complexity index is 1080. The summed E-state index contributed by atoms with van der Waals surface area (Å²) in [5.41, 5.74) is 2.75. The van der Waals surface area contributed by atoms with Gasteiger partial charge in [-0.05, 0) is 81.4 Å². The fraction of sp³-hybridized carbons (Fsp3) is 0.500. The van der Waals surface area contributed by atoms with Crippen molar-refractivity contribution in [3.8, 4) is 11.8 Å². The van der Waals surface area contributed by atoms with Crippen LogP contribution < -0.4 is 4.90 Å². The second kappa shape index (κ2) is 9.68. The third-order valence-corrected chi connectivity index (χ3v) is 7.93. The zero-order valence-electron chi connectivity index (χ0n) is 21.0. The van der Waals surface area contributed by atoms with Crippen LogP contribution in [0.1, 0.15) is 44.2 Å². The molecule has 2 heterocycles. The van der Waals surface area contributed by atoms with Crippen LogP contribution in [-0.4, -0.2) is 65.7 Å². The topological polar surface area (TPSA) is 47.0 Å². The summed E-state index contributed by atoms with van der Waals surface area (Å²) >= 11 is 0. The summed E-state index contributed by atoms with van der Waals surface area (Å²) < 4.78 is 0. The Labute approximate surface area is 209 Å². The van der Waals surface area contributed by atoms with Crippen molar-refractivity contribution in [3.05, 3.63) is 65.7 Å². The number of hydrogen-bond donors (Lipinski definition) is 1. The lowest BCUT2D eigenvalue weighted by Gasteiger charge is -2.37. The molecule has 0 bridgehead atoms. The van der Waals surface area contributed by atoms with Gasteiger partial charge < -0.3 is 14.9 Å². The van der Waals surface area contributed by atoms with Crippen LogP contribution in [0.15, 0.2) is 54.6 Å². The normalized spacial score (nSPS) is 22.0. The fourth-order valence-corrected chi connectivity index (χ4v) is 5.63. The maximum absolute atomic E-state index is 13.3. The molecule has 1 saturated carbocycles. The molecule has 3 fully saturated rings. The number of aliphatic hydroxyl groups is 1. The first-order valence-corrected chi connectivity index (χ1v) is 13.0. The molecular formula is C30H37N3O2. The number of para-hydroxylation sites is 1. The maximum Gasteiger partial charge on any atom is 0.226 e. The zero-order chi connectivity index (χ0) is 24.5. The van der Waals surface area contributed by atoms with Crippen LogP contribution >= 0.6 is 0 Å². The van der Waals surface area contributed by atoms with E-state index in [0.29, 0.717) is 5.91 Å². The molecule has 0 aromatic heterocycles. The molecule has 1 N–H and O–H groups in total. The molecule has 1 amide bonds. The van der Waals surface area contributed by atoms with E-state index in [-0.39, 0.29) is 11.3 Å². The average molecular weight is 472 g/mol. The zero-order valence-corrected chi connectivity index (χ0v) is 21.0. The monoisotopic (exact) mass is 471 g/mol. The molecule has 5 rings (SSSR count). The number of benzene rings is 2. The number of nitrogens with zero attached hydrogens (tertiary/aromatic N) is 3. The van der Waals surface area contributed by atoms with Gasteiger partial charge in [-0.15, -0.1) is 0 Å². The summed E-state index contributed by atoms with van der Waals surface area (Å²) in [5, 5.41) is 9.77. The Morgan fingerprint density at radius 1 is 0.971 bits per heavy atom. The quantitative estimate of drug-likeness (QED) is 0.690. The van der Waals surface area contributed by atoms with E-state index >= 15 is 0 Å². The lowest BCUT2D eigenvalue weighted by molar-refractivity contribution is -0.134. The van der Waals surface area contributed by atoms with Crippen molar-refractivity contribution in [2.45, 2.75) is 45.3 Å². The Morgan fingerprint density at radius 2 is 1.63 bits per heavy atom. The molecule has 2 saturated heterocycles. The van der Waals surface area contributed by atoms with Crippen LogP contribution in [0.3, 0.4) is 0 Å². The highest BCUT2D eigenvalue weighted by Gasteiger charge is 2.59. The van der Waals surface area contributed by atoms with E-state index in [0.717, 1.165) is 70.6 Å². The number of piperazine rings is 1. The molecule has 2 aromatic carbocycles. The van der Waals surface area contributed by atoms with Crippen LogP contribution in [0, 0.1) is 23.2 Å². The van der Waals surface area contributed by atoms with Crippen molar-refractivity contribution in [2.24, 2.45) is 11.3 Å². The number of carbonyl (C=O) groups excluding carboxylic acids is 1. The number of piperidine rings is 1. The Morgan fingerprint density at radius 3 is 2.26 bits per heavy atom. The summed E-state index contributed by atoms with van der Waals surface area (Å²) in [6.45, 7) is 9.97. The van der Waals surface area contributed by atoms with E-state index in [1.54, 1.807) is 13.8 Å². The lowest BCUT2D eigenvalue weighted by Crippen LogP contribution is -2.50. The van der Waals surface area contributed by atoms with Gasteiger partial charge in [0, 0.05) is 49.9 Å². The molecule has 5 heteroatoms. The van der Waals surface area contributed by atoms with Gasteiger partial charge >= 0.3 is 0 Å². The molecule has 1 spiro atoms. The van der Waals surface area contributed by atoms with Gasteiger partial charge in [-0.3, -0.25) is 9.69 Å². The molecule has 35 heavy (non-hydrogen) atoms. The van der Waals surface area contributed by atoms with E-state index < -0.39 is 5.60 Å². The van der Waals surface area contributed by atoms with E-state index in [9.17, 15) is 9.90 Å². The van der Waals surface area contributed by atoms with Gasteiger partial charge in [0.25, 0.3) is 0 Å². The van der Waals surface area contributed by atoms with E-state index in [4.69, 9.17) is 0 Å². The standard InChI is InChI=1S/C30H37N3O2/c1-29(2,35)13-12-24-8-10-25(11-9-24)23-31-16-14-30(15-17-31)22-27(30)28(34)33-20-18-32(19-21-33)26-6-4-3-5-7-26/h3-11,27,35H,14-23H2,1-2H3/t27-/m0/s1. The van der Waals surface area contributed by atoms with Crippen molar-refractivity contribution in [3.63, 3.8) is 0 Å². The first-order chi connectivity index (χ1) is 16.8. The Kier molecular flexibility index (Phi) is 6.61. The number of likely N-dealkylation sites (tertiary alicyclic amines) is 1. The molecule has 1 atom stereocenters. The second-order valence-corrected chi connectivity index (χ2v) is 11.0. The van der Waals surface area contributed by atoms with E-state index in [1.807, 2.05) is 18.2 Å². The van der Waals surface area contributed by atoms with Gasteiger partial charge in [0.05, 0.1) is 0 Å². The van der Waals surface area contributed by atoms with Crippen LogP contribution in [0.2, 0.25) is 0 Å². The third-order valence-electron chi connectivity index (χ3n) is 7.93. The molecule has 1 aliphatic carbocycles. The van der Waals surface area contributed by atoms with Gasteiger partial charge in [0.2, 0.25) is 5.91 Å². The molecule has 0 radical (unpaired) electrons. The maximum atomic E-state index is 13.3. The average Bonchev–Trinajstić information content (AvgIpc) is 3.58. The molecule has 2 aromatic rings. The van der Waals surface area contributed by atoms with Crippen molar-refractivity contribution in [1.29, 1.82) is 0 Å². The summed E-state index contributed by atoms with van der Waals surface area (Å²) in [4.78, 5) is 20.3. The SMILES string of the molecule is CC(C)(O)C#Cc1ccc(CN2CCC3(CC2)C[C@H]3C(=O)N2CCN(c3ccccc3)CC2)cc1. The fourth-order valence-electron chi connectivity index (χ4n) is 5.63. The van der Waals surface area contributed by atoms with Crippen LogP contribution in [0.4, 0.5) is 5.69 Å². The smallest absolute Gasteiger partial charge is 0.226 e.